The Hall–Kier alpha value is -2.00. The quantitative estimate of drug-likeness (QED) is 0.936. The van der Waals surface area contributed by atoms with E-state index < -0.39 is 0 Å². The summed E-state index contributed by atoms with van der Waals surface area (Å²) in [5, 5.41) is 0. The van der Waals surface area contributed by atoms with Gasteiger partial charge in [-0.15, -0.1) is 0 Å². The highest BCUT2D eigenvalue weighted by molar-refractivity contribution is 5.58. The Kier molecular flexibility index (Phi) is 4.11. The van der Waals surface area contributed by atoms with Crippen molar-refractivity contribution in [1.29, 1.82) is 0 Å². The average Bonchev–Trinajstić information content (AvgIpc) is 2.56. The monoisotopic (exact) mass is 282 g/mol. The first kappa shape index (κ1) is 14.0. The molecule has 1 aliphatic heterocycles. The molecule has 0 aliphatic carbocycles. The predicted octanol–water partition coefficient (Wildman–Crippen LogP) is 3.15. The third-order valence-electron chi connectivity index (χ3n) is 4.24. The molecule has 2 aromatic carbocycles. The smallest absolute Gasteiger partial charge is 0.124 e. The molecule has 3 rings (SSSR count). The molecule has 3 heteroatoms. The van der Waals surface area contributed by atoms with E-state index in [-0.39, 0.29) is 6.04 Å². The lowest BCUT2D eigenvalue weighted by atomic mass is 9.96. The number of aryl methyl sites for hydroxylation is 1. The van der Waals surface area contributed by atoms with Crippen molar-refractivity contribution >= 4 is 5.69 Å². The lowest BCUT2D eigenvalue weighted by Gasteiger charge is -2.38. The fourth-order valence-corrected chi connectivity index (χ4v) is 3.25. The van der Waals surface area contributed by atoms with Crippen molar-refractivity contribution in [1.82, 2.24) is 0 Å². The molecule has 1 heterocycles. The van der Waals surface area contributed by atoms with Gasteiger partial charge in [0.2, 0.25) is 0 Å². The van der Waals surface area contributed by atoms with E-state index in [4.69, 9.17) is 10.5 Å². The highest BCUT2D eigenvalue weighted by atomic mass is 16.5. The van der Waals surface area contributed by atoms with Crippen molar-refractivity contribution in [2.24, 2.45) is 5.73 Å². The summed E-state index contributed by atoms with van der Waals surface area (Å²) in [4.78, 5) is 2.43. The van der Waals surface area contributed by atoms with Crippen molar-refractivity contribution < 1.29 is 4.74 Å². The zero-order chi connectivity index (χ0) is 14.7. The number of hydrogen-bond acceptors (Lipinski definition) is 3. The van der Waals surface area contributed by atoms with Gasteiger partial charge in [0, 0.05) is 24.3 Å². The Morgan fingerprint density at radius 1 is 1.14 bits per heavy atom. The summed E-state index contributed by atoms with van der Waals surface area (Å²) in [6.07, 6.45) is 2.32. The first-order valence-corrected chi connectivity index (χ1v) is 7.52. The van der Waals surface area contributed by atoms with Crippen LogP contribution in [-0.4, -0.2) is 20.2 Å². The summed E-state index contributed by atoms with van der Waals surface area (Å²) < 4.78 is 5.52. The van der Waals surface area contributed by atoms with Crippen LogP contribution in [0.5, 0.6) is 5.75 Å². The van der Waals surface area contributed by atoms with Gasteiger partial charge in [0.05, 0.1) is 13.2 Å². The van der Waals surface area contributed by atoms with Crippen LogP contribution in [0.25, 0.3) is 0 Å². The van der Waals surface area contributed by atoms with Gasteiger partial charge in [-0.05, 0) is 30.5 Å². The average molecular weight is 282 g/mol. The molecule has 0 saturated heterocycles. The summed E-state index contributed by atoms with van der Waals surface area (Å²) in [6.45, 7) is 1.62. The van der Waals surface area contributed by atoms with E-state index in [1.54, 1.807) is 7.11 Å². The fraction of sp³-hybridized carbons (Fsp3) is 0.333. The number of nitrogens with two attached hydrogens (primary N) is 1. The topological polar surface area (TPSA) is 38.5 Å². The lowest BCUT2D eigenvalue weighted by molar-refractivity contribution is 0.403. The maximum Gasteiger partial charge on any atom is 0.124 e. The van der Waals surface area contributed by atoms with Crippen LogP contribution in [0.2, 0.25) is 0 Å². The maximum absolute atomic E-state index is 6.12. The van der Waals surface area contributed by atoms with Crippen LogP contribution in [-0.2, 0) is 6.42 Å². The number of methoxy groups -OCH3 is 1. The van der Waals surface area contributed by atoms with Crippen molar-refractivity contribution in [3.8, 4) is 5.75 Å². The van der Waals surface area contributed by atoms with Gasteiger partial charge in [-0.2, -0.15) is 0 Å². The van der Waals surface area contributed by atoms with Crippen molar-refractivity contribution in [3.05, 3.63) is 59.7 Å². The van der Waals surface area contributed by atoms with E-state index in [2.05, 4.69) is 41.3 Å². The van der Waals surface area contributed by atoms with E-state index in [9.17, 15) is 0 Å². The second-order valence-corrected chi connectivity index (χ2v) is 5.42. The molecule has 3 nitrogen and oxygen atoms in total. The molecule has 0 amide bonds. The Labute approximate surface area is 126 Å². The second kappa shape index (κ2) is 6.19. The van der Waals surface area contributed by atoms with E-state index in [1.807, 2.05) is 12.1 Å². The normalized spacial score (nSPS) is 15.4. The van der Waals surface area contributed by atoms with Crippen LogP contribution in [0.3, 0.4) is 0 Å². The van der Waals surface area contributed by atoms with Crippen LogP contribution in [0.1, 0.15) is 23.6 Å². The number of ether oxygens (including phenoxy) is 1. The summed E-state index contributed by atoms with van der Waals surface area (Å²) in [6, 6.07) is 17.0. The third kappa shape index (κ3) is 2.61. The van der Waals surface area contributed by atoms with Crippen molar-refractivity contribution in [3.63, 3.8) is 0 Å². The van der Waals surface area contributed by atoms with Gasteiger partial charge in [0.1, 0.15) is 5.75 Å². The Morgan fingerprint density at radius 3 is 2.71 bits per heavy atom. The first-order chi connectivity index (χ1) is 10.3. The third-order valence-corrected chi connectivity index (χ3v) is 4.24. The van der Waals surface area contributed by atoms with Crippen molar-refractivity contribution in [2.45, 2.75) is 18.9 Å². The lowest BCUT2D eigenvalue weighted by Crippen LogP contribution is -2.37. The molecule has 2 aromatic rings. The van der Waals surface area contributed by atoms with Crippen LogP contribution in [0.15, 0.2) is 48.5 Å². The van der Waals surface area contributed by atoms with Gasteiger partial charge in [0.25, 0.3) is 0 Å². The molecule has 0 bridgehead atoms. The predicted molar refractivity (Wildman–Crippen MR) is 86.9 cm³/mol. The molecule has 0 spiro atoms. The summed E-state index contributed by atoms with van der Waals surface area (Å²) in [5.74, 6) is 0.913. The van der Waals surface area contributed by atoms with E-state index in [1.165, 1.54) is 23.2 Å². The minimum atomic E-state index is 0.155. The van der Waals surface area contributed by atoms with Gasteiger partial charge in [0.15, 0.2) is 0 Å². The zero-order valence-corrected chi connectivity index (χ0v) is 12.5. The van der Waals surface area contributed by atoms with Crippen LogP contribution < -0.4 is 15.4 Å². The van der Waals surface area contributed by atoms with E-state index in [0.717, 1.165) is 18.7 Å². The molecule has 0 aromatic heterocycles. The van der Waals surface area contributed by atoms with Crippen LogP contribution >= 0.6 is 0 Å². The number of nitrogens with zero attached hydrogens (tertiary/aromatic N) is 1. The van der Waals surface area contributed by atoms with Gasteiger partial charge in [-0.25, -0.2) is 0 Å². The van der Waals surface area contributed by atoms with Crippen LogP contribution in [0, 0.1) is 0 Å². The molecule has 1 unspecified atom stereocenters. The molecular formula is C18H22N2O. The number of anilines is 1. The highest BCUT2D eigenvalue weighted by Crippen LogP contribution is 2.36. The molecule has 2 N–H and O–H groups in total. The van der Waals surface area contributed by atoms with Gasteiger partial charge in [-0.1, -0.05) is 36.4 Å². The first-order valence-electron chi connectivity index (χ1n) is 7.52. The summed E-state index contributed by atoms with van der Waals surface area (Å²) >= 11 is 0. The minimum Gasteiger partial charge on any atom is -0.496 e. The minimum absolute atomic E-state index is 0.155. The molecule has 1 aliphatic rings. The Bertz CT molecular complexity index is 612. The van der Waals surface area contributed by atoms with E-state index >= 15 is 0 Å². The Balaban J connectivity index is 2.01. The SMILES string of the molecule is COc1ccccc1C(CN)N1CCCc2ccccc21. The second-order valence-electron chi connectivity index (χ2n) is 5.42. The highest BCUT2D eigenvalue weighted by Gasteiger charge is 2.26. The van der Waals surface area contributed by atoms with Gasteiger partial charge in [-0.3, -0.25) is 0 Å². The zero-order valence-electron chi connectivity index (χ0n) is 12.5. The number of rotatable bonds is 4. The van der Waals surface area contributed by atoms with Gasteiger partial charge >= 0.3 is 0 Å². The fourth-order valence-electron chi connectivity index (χ4n) is 3.25. The molecular weight excluding hydrogens is 260 g/mol. The van der Waals surface area contributed by atoms with Crippen LogP contribution in [0.4, 0.5) is 5.69 Å². The summed E-state index contributed by atoms with van der Waals surface area (Å²) in [7, 11) is 1.72. The number of para-hydroxylation sites is 2. The largest absolute Gasteiger partial charge is 0.496 e. The van der Waals surface area contributed by atoms with Gasteiger partial charge < -0.3 is 15.4 Å². The number of benzene rings is 2. The summed E-state index contributed by atoms with van der Waals surface area (Å²) in [5.41, 5.74) is 10.0. The maximum atomic E-state index is 6.12. The van der Waals surface area contributed by atoms with Crippen molar-refractivity contribution in [2.75, 3.05) is 25.1 Å². The van der Waals surface area contributed by atoms with E-state index in [0.29, 0.717) is 6.54 Å². The Morgan fingerprint density at radius 2 is 1.90 bits per heavy atom. The molecule has 0 fully saturated rings. The number of fused-ring (bicyclic) bond motifs is 1. The molecule has 0 saturated carbocycles. The molecule has 110 valence electrons. The molecule has 21 heavy (non-hydrogen) atoms. The molecule has 0 radical (unpaired) electrons. The number of hydrogen-bond donors (Lipinski definition) is 1. The molecule has 1 atom stereocenters. The standard InChI is InChI=1S/C18H22N2O/c1-21-18-11-5-3-9-15(18)17(13-19)20-12-6-8-14-7-2-4-10-16(14)20/h2-5,7,9-11,17H,6,8,12-13,19H2,1H3.